The summed E-state index contributed by atoms with van der Waals surface area (Å²) in [7, 11) is 0. The Balaban J connectivity index is 1.57. The minimum Gasteiger partial charge on any atom is -0.479 e. The van der Waals surface area contributed by atoms with Crippen LogP contribution in [-0.2, 0) is 9.53 Å². The van der Waals surface area contributed by atoms with Crippen LogP contribution >= 0.6 is 23.4 Å². The number of ether oxygens (including phenoxy) is 2. The van der Waals surface area contributed by atoms with Crippen molar-refractivity contribution in [3.63, 3.8) is 0 Å². The fourth-order valence-corrected chi connectivity index (χ4v) is 4.97. The molecule has 0 bridgehead atoms. The molecule has 2 saturated heterocycles. The molecule has 2 atom stereocenters. The van der Waals surface area contributed by atoms with Crippen LogP contribution < -0.4 is 10.1 Å². The number of nitrogens with zero attached hydrogens (tertiary/aromatic N) is 1. The van der Waals surface area contributed by atoms with E-state index in [0.717, 1.165) is 44.2 Å². The molecule has 2 aliphatic heterocycles. The standard InChI is InChI=1S/C18H25ClN2O3S/c1-14(24-16-5-3-2-4-15(16)19)17(22)20-12-18(6-11-25-13-18)21-7-9-23-10-8-21/h2-5,14H,6-13H2,1H3,(H,20,22). The van der Waals surface area contributed by atoms with Crippen LogP contribution in [0.3, 0.4) is 0 Å². The first kappa shape index (κ1) is 18.8. The zero-order valence-electron chi connectivity index (χ0n) is 14.5. The summed E-state index contributed by atoms with van der Waals surface area (Å²) in [4.78, 5) is 15.0. The number of hydrogen-bond donors (Lipinski definition) is 1. The molecule has 7 heteroatoms. The van der Waals surface area contributed by atoms with Gasteiger partial charge >= 0.3 is 0 Å². The van der Waals surface area contributed by atoms with Gasteiger partial charge in [-0.05, 0) is 31.2 Å². The Morgan fingerprint density at radius 2 is 2.20 bits per heavy atom. The maximum atomic E-state index is 12.5. The van der Waals surface area contributed by atoms with Crippen LogP contribution in [0.5, 0.6) is 5.75 Å². The first-order valence-corrected chi connectivity index (χ1v) is 10.2. The van der Waals surface area contributed by atoms with Gasteiger partial charge in [0, 0.05) is 30.9 Å². The van der Waals surface area contributed by atoms with E-state index >= 15 is 0 Å². The summed E-state index contributed by atoms with van der Waals surface area (Å²) in [5.41, 5.74) is 0.0359. The summed E-state index contributed by atoms with van der Waals surface area (Å²) in [5.74, 6) is 2.61. The molecule has 1 aromatic carbocycles. The predicted octanol–water partition coefficient (Wildman–Crippen LogP) is 2.43. The number of nitrogens with one attached hydrogen (secondary N) is 1. The third-order valence-electron chi connectivity index (χ3n) is 4.87. The second-order valence-electron chi connectivity index (χ2n) is 6.53. The van der Waals surface area contributed by atoms with Crippen LogP contribution in [0.4, 0.5) is 0 Å². The quantitative estimate of drug-likeness (QED) is 0.816. The van der Waals surface area contributed by atoms with Crippen molar-refractivity contribution < 1.29 is 14.3 Å². The number of morpholine rings is 1. The molecule has 1 amide bonds. The zero-order chi connectivity index (χ0) is 17.7. The molecule has 5 nitrogen and oxygen atoms in total. The van der Waals surface area contributed by atoms with Crippen LogP contribution in [-0.4, -0.2) is 66.8 Å². The molecule has 1 aromatic rings. The molecule has 2 aliphatic rings. The molecule has 0 spiro atoms. The maximum Gasteiger partial charge on any atom is 0.260 e. The Kier molecular flexibility index (Phi) is 6.49. The highest BCUT2D eigenvalue weighted by Crippen LogP contribution is 2.33. The van der Waals surface area contributed by atoms with E-state index in [4.69, 9.17) is 21.1 Å². The minimum absolute atomic E-state index is 0.0359. The van der Waals surface area contributed by atoms with E-state index in [1.807, 2.05) is 23.9 Å². The highest BCUT2D eigenvalue weighted by atomic mass is 35.5. The summed E-state index contributed by atoms with van der Waals surface area (Å²) >= 11 is 8.06. The van der Waals surface area contributed by atoms with Gasteiger partial charge in [0.05, 0.1) is 18.2 Å². The molecule has 3 rings (SSSR count). The van der Waals surface area contributed by atoms with Crippen molar-refractivity contribution in [2.24, 2.45) is 0 Å². The Morgan fingerprint density at radius 1 is 1.44 bits per heavy atom. The molecule has 0 aliphatic carbocycles. The van der Waals surface area contributed by atoms with Gasteiger partial charge in [-0.3, -0.25) is 9.69 Å². The van der Waals surface area contributed by atoms with E-state index in [-0.39, 0.29) is 11.4 Å². The molecule has 2 heterocycles. The second kappa shape index (κ2) is 8.62. The molecule has 25 heavy (non-hydrogen) atoms. The molecule has 2 unspecified atom stereocenters. The molecular formula is C18H25ClN2O3S. The molecule has 138 valence electrons. The van der Waals surface area contributed by atoms with Crippen LogP contribution in [0.1, 0.15) is 13.3 Å². The molecule has 0 aromatic heterocycles. The Morgan fingerprint density at radius 3 is 2.88 bits per heavy atom. The van der Waals surface area contributed by atoms with Gasteiger partial charge in [-0.2, -0.15) is 11.8 Å². The van der Waals surface area contributed by atoms with Gasteiger partial charge in [0.25, 0.3) is 5.91 Å². The van der Waals surface area contributed by atoms with Crippen molar-refractivity contribution in [2.75, 3.05) is 44.4 Å². The van der Waals surface area contributed by atoms with Crippen molar-refractivity contribution in [3.8, 4) is 5.75 Å². The van der Waals surface area contributed by atoms with Crippen molar-refractivity contribution >= 4 is 29.3 Å². The van der Waals surface area contributed by atoms with E-state index < -0.39 is 6.10 Å². The lowest BCUT2D eigenvalue weighted by molar-refractivity contribution is -0.128. The summed E-state index contributed by atoms with van der Waals surface area (Å²) in [6.45, 7) is 5.81. The summed E-state index contributed by atoms with van der Waals surface area (Å²) in [5, 5.41) is 3.61. The number of hydrogen-bond acceptors (Lipinski definition) is 5. The van der Waals surface area contributed by atoms with Gasteiger partial charge in [-0.1, -0.05) is 23.7 Å². The largest absolute Gasteiger partial charge is 0.479 e. The first-order chi connectivity index (χ1) is 12.1. The van der Waals surface area contributed by atoms with Crippen LogP contribution in [0, 0.1) is 0 Å². The van der Waals surface area contributed by atoms with Crippen LogP contribution in [0.2, 0.25) is 5.02 Å². The van der Waals surface area contributed by atoms with E-state index in [9.17, 15) is 4.79 Å². The van der Waals surface area contributed by atoms with Gasteiger partial charge in [0.2, 0.25) is 0 Å². The Hall–Kier alpha value is -0.950. The molecule has 1 N–H and O–H groups in total. The SMILES string of the molecule is CC(Oc1ccccc1Cl)C(=O)NCC1(N2CCOCC2)CCSC1. The number of amides is 1. The molecule has 0 saturated carbocycles. The minimum atomic E-state index is -0.587. The lowest BCUT2D eigenvalue weighted by Crippen LogP contribution is -2.59. The molecular weight excluding hydrogens is 360 g/mol. The van der Waals surface area contributed by atoms with Gasteiger partial charge < -0.3 is 14.8 Å². The van der Waals surface area contributed by atoms with Gasteiger partial charge in [-0.25, -0.2) is 0 Å². The number of halogens is 1. The highest BCUT2D eigenvalue weighted by molar-refractivity contribution is 7.99. The predicted molar refractivity (Wildman–Crippen MR) is 102 cm³/mol. The number of thioether (sulfide) groups is 1. The smallest absolute Gasteiger partial charge is 0.260 e. The second-order valence-corrected chi connectivity index (χ2v) is 8.05. The molecule has 2 fully saturated rings. The van der Waals surface area contributed by atoms with Gasteiger partial charge in [0.15, 0.2) is 6.10 Å². The Labute approximate surface area is 158 Å². The van der Waals surface area contributed by atoms with E-state index in [1.165, 1.54) is 0 Å². The third-order valence-corrected chi connectivity index (χ3v) is 6.41. The third kappa shape index (κ3) is 4.61. The zero-order valence-corrected chi connectivity index (χ0v) is 16.1. The lowest BCUT2D eigenvalue weighted by Gasteiger charge is -2.43. The van der Waals surface area contributed by atoms with Crippen molar-refractivity contribution in [2.45, 2.75) is 25.0 Å². The summed E-state index contributed by atoms with van der Waals surface area (Å²) in [6.07, 6.45) is 0.508. The maximum absolute atomic E-state index is 12.5. The molecule has 0 radical (unpaired) electrons. The normalized spacial score (nSPS) is 25.5. The lowest BCUT2D eigenvalue weighted by atomic mass is 9.95. The fourth-order valence-electron chi connectivity index (χ4n) is 3.31. The van der Waals surface area contributed by atoms with Crippen molar-refractivity contribution in [1.29, 1.82) is 0 Å². The topological polar surface area (TPSA) is 50.8 Å². The summed E-state index contributed by atoms with van der Waals surface area (Å²) < 4.78 is 11.2. The van der Waals surface area contributed by atoms with Crippen molar-refractivity contribution in [1.82, 2.24) is 10.2 Å². The van der Waals surface area contributed by atoms with E-state index in [2.05, 4.69) is 10.2 Å². The number of para-hydroxylation sites is 1. The Bertz CT molecular complexity index is 589. The average molecular weight is 385 g/mol. The average Bonchev–Trinajstić information content (AvgIpc) is 3.12. The highest BCUT2D eigenvalue weighted by Gasteiger charge is 2.41. The van der Waals surface area contributed by atoms with Crippen LogP contribution in [0.15, 0.2) is 24.3 Å². The van der Waals surface area contributed by atoms with Gasteiger partial charge in [0.1, 0.15) is 5.75 Å². The number of carbonyl (C=O) groups excluding carboxylic acids is 1. The van der Waals surface area contributed by atoms with Gasteiger partial charge in [-0.15, -0.1) is 0 Å². The summed E-state index contributed by atoms with van der Waals surface area (Å²) in [6, 6.07) is 7.21. The van der Waals surface area contributed by atoms with E-state index in [1.54, 1.807) is 19.1 Å². The first-order valence-electron chi connectivity index (χ1n) is 8.70. The monoisotopic (exact) mass is 384 g/mol. The van der Waals surface area contributed by atoms with Crippen LogP contribution in [0.25, 0.3) is 0 Å². The van der Waals surface area contributed by atoms with Crippen molar-refractivity contribution in [3.05, 3.63) is 29.3 Å². The fraction of sp³-hybridized carbons (Fsp3) is 0.611. The number of carbonyl (C=O) groups is 1. The van der Waals surface area contributed by atoms with E-state index in [0.29, 0.717) is 17.3 Å². The number of rotatable bonds is 6. The number of benzene rings is 1.